The van der Waals surface area contributed by atoms with Crippen LogP contribution in [0.1, 0.15) is 28.4 Å². The van der Waals surface area contributed by atoms with Gasteiger partial charge >= 0.3 is 0 Å². The molecule has 1 aromatic heterocycles. The van der Waals surface area contributed by atoms with Crippen molar-refractivity contribution in [2.24, 2.45) is 0 Å². The van der Waals surface area contributed by atoms with Crippen LogP contribution in [0, 0.1) is 13.8 Å². The van der Waals surface area contributed by atoms with Gasteiger partial charge in [-0.25, -0.2) is 0 Å². The van der Waals surface area contributed by atoms with Crippen LogP contribution in [-0.2, 0) is 13.0 Å². The molecule has 0 fully saturated rings. The Morgan fingerprint density at radius 2 is 2.12 bits per heavy atom. The van der Waals surface area contributed by atoms with Gasteiger partial charge in [0.15, 0.2) is 5.82 Å². The number of aromatic nitrogens is 2. The molecule has 1 heterocycles. The second kappa shape index (κ2) is 5.10. The highest BCUT2D eigenvalue weighted by Crippen LogP contribution is 2.14. The highest BCUT2D eigenvalue weighted by Gasteiger charge is 2.08. The lowest BCUT2D eigenvalue weighted by atomic mass is 10.0. The summed E-state index contributed by atoms with van der Waals surface area (Å²) in [5.74, 6) is 1.37. The molecule has 0 saturated carbocycles. The molecule has 90 valence electrons. The van der Waals surface area contributed by atoms with E-state index < -0.39 is 0 Å². The summed E-state index contributed by atoms with van der Waals surface area (Å²) < 4.78 is 5.21. The van der Waals surface area contributed by atoms with Gasteiger partial charge in [-0.2, -0.15) is 4.98 Å². The molecule has 0 aliphatic heterocycles. The zero-order valence-electron chi connectivity index (χ0n) is 10.4. The number of nitrogens with one attached hydrogen (secondary N) is 1. The predicted molar refractivity (Wildman–Crippen MR) is 65.8 cm³/mol. The monoisotopic (exact) mass is 231 g/mol. The lowest BCUT2D eigenvalue weighted by Gasteiger charge is -2.03. The lowest BCUT2D eigenvalue weighted by molar-refractivity contribution is 0.378. The Bertz CT molecular complexity index is 505. The number of hydrogen-bond donors (Lipinski definition) is 1. The van der Waals surface area contributed by atoms with Crippen LogP contribution >= 0.6 is 0 Å². The summed E-state index contributed by atoms with van der Waals surface area (Å²) in [5, 5.41) is 6.90. The number of hydrogen-bond acceptors (Lipinski definition) is 4. The molecule has 0 unspecified atom stereocenters. The van der Waals surface area contributed by atoms with E-state index in [1.54, 1.807) is 0 Å². The van der Waals surface area contributed by atoms with E-state index in [0.29, 0.717) is 24.7 Å². The highest BCUT2D eigenvalue weighted by atomic mass is 16.5. The van der Waals surface area contributed by atoms with Crippen molar-refractivity contribution < 1.29 is 4.52 Å². The molecular weight excluding hydrogens is 214 g/mol. The molecule has 2 aromatic rings. The molecule has 4 heteroatoms. The molecular formula is C13H17N3O. The standard InChI is InChI=1S/C13H17N3O/c1-9-4-5-10(2)11(6-9)7-13-15-12(8-14-3)16-17-13/h4-6,14H,7-8H2,1-3H3. The summed E-state index contributed by atoms with van der Waals surface area (Å²) in [6.45, 7) is 4.82. The molecule has 0 bridgehead atoms. The van der Waals surface area contributed by atoms with Gasteiger partial charge in [-0.05, 0) is 32.0 Å². The highest BCUT2D eigenvalue weighted by molar-refractivity contribution is 5.32. The smallest absolute Gasteiger partial charge is 0.231 e. The lowest BCUT2D eigenvalue weighted by Crippen LogP contribution is -2.06. The van der Waals surface area contributed by atoms with Crippen molar-refractivity contribution in [3.05, 3.63) is 46.6 Å². The van der Waals surface area contributed by atoms with Crippen molar-refractivity contribution in [2.45, 2.75) is 26.8 Å². The largest absolute Gasteiger partial charge is 0.339 e. The first-order chi connectivity index (χ1) is 8.19. The van der Waals surface area contributed by atoms with Gasteiger partial charge < -0.3 is 9.84 Å². The Balaban J connectivity index is 2.16. The number of rotatable bonds is 4. The van der Waals surface area contributed by atoms with Crippen molar-refractivity contribution in [1.82, 2.24) is 15.5 Å². The van der Waals surface area contributed by atoms with E-state index >= 15 is 0 Å². The third-order valence-corrected chi connectivity index (χ3v) is 2.69. The number of benzene rings is 1. The topological polar surface area (TPSA) is 51.0 Å². The Hall–Kier alpha value is -1.68. The molecule has 0 aliphatic carbocycles. The first kappa shape index (κ1) is 11.8. The molecule has 17 heavy (non-hydrogen) atoms. The maximum atomic E-state index is 5.21. The minimum Gasteiger partial charge on any atom is -0.339 e. The van der Waals surface area contributed by atoms with Gasteiger partial charge in [-0.3, -0.25) is 0 Å². The van der Waals surface area contributed by atoms with E-state index in [4.69, 9.17) is 4.52 Å². The molecule has 0 radical (unpaired) electrons. The Kier molecular flexibility index (Phi) is 3.54. The third-order valence-electron chi connectivity index (χ3n) is 2.69. The second-order valence-corrected chi connectivity index (χ2v) is 4.24. The quantitative estimate of drug-likeness (QED) is 0.874. The van der Waals surface area contributed by atoms with Crippen LogP contribution in [0.3, 0.4) is 0 Å². The zero-order chi connectivity index (χ0) is 12.3. The molecule has 4 nitrogen and oxygen atoms in total. The van der Waals surface area contributed by atoms with Crippen LogP contribution in [0.2, 0.25) is 0 Å². The maximum absolute atomic E-state index is 5.21. The average molecular weight is 231 g/mol. The first-order valence-electron chi connectivity index (χ1n) is 5.71. The third kappa shape index (κ3) is 2.91. The van der Waals surface area contributed by atoms with E-state index in [9.17, 15) is 0 Å². The Labute approximate surface area is 101 Å². The van der Waals surface area contributed by atoms with E-state index in [1.165, 1.54) is 16.7 Å². The molecule has 0 amide bonds. The van der Waals surface area contributed by atoms with Gasteiger partial charge in [0.2, 0.25) is 5.89 Å². The van der Waals surface area contributed by atoms with Crippen LogP contribution in [0.15, 0.2) is 22.7 Å². The van der Waals surface area contributed by atoms with E-state index in [0.717, 1.165) is 0 Å². The number of aryl methyl sites for hydroxylation is 2. The summed E-state index contributed by atoms with van der Waals surface area (Å²) in [4.78, 5) is 4.33. The SMILES string of the molecule is CNCc1noc(Cc2cc(C)ccc2C)n1. The summed E-state index contributed by atoms with van der Waals surface area (Å²) in [6, 6.07) is 6.39. The van der Waals surface area contributed by atoms with Crippen LogP contribution in [0.5, 0.6) is 0 Å². The fourth-order valence-electron chi connectivity index (χ4n) is 1.75. The summed E-state index contributed by atoms with van der Waals surface area (Å²) >= 11 is 0. The summed E-state index contributed by atoms with van der Waals surface area (Å²) in [5.41, 5.74) is 3.74. The molecule has 0 saturated heterocycles. The Morgan fingerprint density at radius 3 is 2.88 bits per heavy atom. The van der Waals surface area contributed by atoms with Crippen molar-refractivity contribution in [3.8, 4) is 0 Å². The van der Waals surface area contributed by atoms with Crippen LogP contribution in [0.4, 0.5) is 0 Å². The fraction of sp³-hybridized carbons (Fsp3) is 0.385. The van der Waals surface area contributed by atoms with Crippen LogP contribution < -0.4 is 5.32 Å². The first-order valence-corrected chi connectivity index (χ1v) is 5.71. The zero-order valence-corrected chi connectivity index (χ0v) is 10.4. The van der Waals surface area contributed by atoms with Gasteiger partial charge in [-0.15, -0.1) is 0 Å². The molecule has 1 aromatic carbocycles. The van der Waals surface area contributed by atoms with Gasteiger partial charge in [0.1, 0.15) is 0 Å². The summed E-state index contributed by atoms with van der Waals surface area (Å²) in [7, 11) is 1.86. The van der Waals surface area contributed by atoms with E-state index in [2.05, 4.69) is 47.5 Å². The van der Waals surface area contributed by atoms with Gasteiger partial charge in [-0.1, -0.05) is 28.9 Å². The molecule has 1 N–H and O–H groups in total. The van der Waals surface area contributed by atoms with E-state index in [-0.39, 0.29) is 0 Å². The normalized spacial score (nSPS) is 10.8. The van der Waals surface area contributed by atoms with Crippen molar-refractivity contribution in [3.63, 3.8) is 0 Å². The van der Waals surface area contributed by atoms with Gasteiger partial charge in [0.05, 0.1) is 13.0 Å². The van der Waals surface area contributed by atoms with Crippen LogP contribution in [0.25, 0.3) is 0 Å². The molecule has 0 aliphatic rings. The molecule has 0 atom stereocenters. The van der Waals surface area contributed by atoms with Crippen molar-refractivity contribution in [2.75, 3.05) is 7.05 Å². The van der Waals surface area contributed by atoms with Gasteiger partial charge in [0, 0.05) is 0 Å². The van der Waals surface area contributed by atoms with Crippen molar-refractivity contribution in [1.29, 1.82) is 0 Å². The average Bonchev–Trinajstić information content (AvgIpc) is 2.72. The van der Waals surface area contributed by atoms with Crippen molar-refractivity contribution >= 4 is 0 Å². The maximum Gasteiger partial charge on any atom is 0.231 e. The second-order valence-electron chi connectivity index (χ2n) is 4.24. The number of nitrogens with zero attached hydrogens (tertiary/aromatic N) is 2. The molecule has 2 rings (SSSR count). The minimum absolute atomic E-state index is 0.635. The predicted octanol–water partition coefficient (Wildman–Crippen LogP) is 2.00. The van der Waals surface area contributed by atoms with Gasteiger partial charge in [0.25, 0.3) is 0 Å². The fourth-order valence-corrected chi connectivity index (χ4v) is 1.75. The minimum atomic E-state index is 0.635. The van der Waals surface area contributed by atoms with E-state index in [1.807, 2.05) is 7.05 Å². The molecule has 0 spiro atoms. The summed E-state index contributed by atoms with van der Waals surface area (Å²) in [6.07, 6.45) is 0.699. The van der Waals surface area contributed by atoms with Crippen LogP contribution in [-0.4, -0.2) is 17.2 Å². The Morgan fingerprint density at radius 1 is 1.29 bits per heavy atom.